The monoisotopic (exact) mass is 271 g/mol. The summed E-state index contributed by atoms with van der Waals surface area (Å²) in [7, 11) is 0. The lowest BCUT2D eigenvalue weighted by molar-refractivity contribution is 0.266. The standard InChI is InChI=1S/C12H18ClN3O2/c1-8-2-3-9(6-8)15-10-7-14-16(4-5-17)12(18)11(10)13/h7-9,15,17H,2-6H2,1H3. The summed E-state index contributed by atoms with van der Waals surface area (Å²) in [5, 5.41) is 16.2. The Hall–Kier alpha value is -1.07. The number of aliphatic hydroxyl groups is 1. The van der Waals surface area contributed by atoms with Crippen LogP contribution in [0.3, 0.4) is 0 Å². The van der Waals surface area contributed by atoms with E-state index in [1.807, 2.05) is 0 Å². The van der Waals surface area contributed by atoms with E-state index in [-0.39, 0.29) is 23.7 Å². The highest BCUT2D eigenvalue weighted by Gasteiger charge is 2.22. The zero-order chi connectivity index (χ0) is 13.1. The fourth-order valence-corrected chi connectivity index (χ4v) is 2.58. The SMILES string of the molecule is CC1CCC(Nc2cnn(CCO)c(=O)c2Cl)C1. The average molecular weight is 272 g/mol. The summed E-state index contributed by atoms with van der Waals surface area (Å²) in [5.41, 5.74) is 0.233. The maximum atomic E-state index is 11.8. The third-order valence-electron chi connectivity index (χ3n) is 3.35. The maximum Gasteiger partial charge on any atom is 0.287 e. The van der Waals surface area contributed by atoms with Crippen molar-refractivity contribution in [3.05, 3.63) is 21.6 Å². The Labute approximate surface area is 111 Å². The Balaban J connectivity index is 2.14. The first-order valence-corrected chi connectivity index (χ1v) is 6.62. The van der Waals surface area contributed by atoms with E-state index >= 15 is 0 Å². The number of halogens is 1. The van der Waals surface area contributed by atoms with Crippen molar-refractivity contribution in [3.8, 4) is 0 Å². The number of anilines is 1. The Bertz CT molecular complexity index is 475. The van der Waals surface area contributed by atoms with Gasteiger partial charge in [0.15, 0.2) is 0 Å². The number of rotatable bonds is 4. The van der Waals surface area contributed by atoms with Crippen LogP contribution < -0.4 is 10.9 Å². The molecule has 5 nitrogen and oxygen atoms in total. The van der Waals surface area contributed by atoms with Crippen molar-refractivity contribution >= 4 is 17.3 Å². The summed E-state index contributed by atoms with van der Waals surface area (Å²) in [5.74, 6) is 0.712. The molecular formula is C12H18ClN3O2. The van der Waals surface area contributed by atoms with Crippen LogP contribution in [-0.2, 0) is 6.54 Å². The molecule has 1 aliphatic rings. The Morgan fingerprint density at radius 3 is 3.00 bits per heavy atom. The summed E-state index contributed by atoms with van der Waals surface area (Å²) < 4.78 is 1.17. The van der Waals surface area contributed by atoms with Crippen molar-refractivity contribution in [2.45, 2.75) is 38.8 Å². The Morgan fingerprint density at radius 2 is 2.39 bits per heavy atom. The number of aliphatic hydroxyl groups excluding tert-OH is 1. The normalized spacial score (nSPS) is 23.3. The van der Waals surface area contributed by atoms with Gasteiger partial charge in [0.2, 0.25) is 0 Å². The van der Waals surface area contributed by atoms with Crippen molar-refractivity contribution in [1.82, 2.24) is 9.78 Å². The van der Waals surface area contributed by atoms with E-state index in [1.54, 1.807) is 6.20 Å². The molecule has 2 unspecified atom stereocenters. The van der Waals surface area contributed by atoms with Crippen LogP contribution in [0.25, 0.3) is 0 Å². The minimum absolute atomic E-state index is 0.129. The molecule has 100 valence electrons. The van der Waals surface area contributed by atoms with Gasteiger partial charge in [-0.3, -0.25) is 4.79 Å². The highest BCUT2D eigenvalue weighted by Crippen LogP contribution is 2.28. The first kappa shape index (κ1) is 13.4. The summed E-state index contributed by atoms with van der Waals surface area (Å²) in [6, 6.07) is 0.368. The van der Waals surface area contributed by atoms with Gasteiger partial charge in [0.1, 0.15) is 5.02 Å². The highest BCUT2D eigenvalue weighted by molar-refractivity contribution is 6.32. The van der Waals surface area contributed by atoms with Crippen molar-refractivity contribution in [1.29, 1.82) is 0 Å². The molecule has 2 atom stereocenters. The van der Waals surface area contributed by atoms with Crippen molar-refractivity contribution in [2.24, 2.45) is 5.92 Å². The van der Waals surface area contributed by atoms with Crippen LogP contribution in [0.15, 0.2) is 11.0 Å². The Morgan fingerprint density at radius 1 is 1.61 bits per heavy atom. The van der Waals surface area contributed by atoms with Crippen molar-refractivity contribution in [3.63, 3.8) is 0 Å². The zero-order valence-corrected chi connectivity index (χ0v) is 11.2. The first-order chi connectivity index (χ1) is 8.61. The third-order valence-corrected chi connectivity index (χ3v) is 3.72. The second-order valence-corrected chi connectivity index (χ2v) is 5.26. The molecule has 0 spiro atoms. The number of hydrogen-bond donors (Lipinski definition) is 2. The fourth-order valence-electron chi connectivity index (χ4n) is 2.38. The van der Waals surface area contributed by atoms with E-state index in [2.05, 4.69) is 17.3 Å². The average Bonchev–Trinajstić information content (AvgIpc) is 2.75. The first-order valence-electron chi connectivity index (χ1n) is 6.25. The van der Waals surface area contributed by atoms with Gasteiger partial charge < -0.3 is 10.4 Å². The summed E-state index contributed by atoms with van der Waals surface area (Å²) in [4.78, 5) is 11.8. The highest BCUT2D eigenvalue weighted by atomic mass is 35.5. The molecule has 0 aliphatic heterocycles. The third kappa shape index (κ3) is 2.84. The zero-order valence-electron chi connectivity index (χ0n) is 10.4. The Kier molecular flexibility index (Phi) is 4.24. The van der Waals surface area contributed by atoms with Gasteiger partial charge >= 0.3 is 0 Å². The molecule has 1 aromatic heterocycles. The number of nitrogens with zero attached hydrogens (tertiary/aromatic N) is 2. The quantitative estimate of drug-likeness (QED) is 0.871. The molecule has 2 rings (SSSR count). The largest absolute Gasteiger partial charge is 0.394 e. The van der Waals surface area contributed by atoms with Gasteiger partial charge in [-0.05, 0) is 25.2 Å². The van der Waals surface area contributed by atoms with Crippen LogP contribution in [-0.4, -0.2) is 27.5 Å². The minimum atomic E-state index is -0.359. The topological polar surface area (TPSA) is 67.2 Å². The summed E-state index contributed by atoms with van der Waals surface area (Å²) in [6.45, 7) is 2.26. The van der Waals surface area contributed by atoms with Gasteiger partial charge in [0.25, 0.3) is 5.56 Å². The predicted molar refractivity (Wildman–Crippen MR) is 71.0 cm³/mol. The van der Waals surface area contributed by atoms with Gasteiger partial charge in [-0.1, -0.05) is 18.5 Å². The van der Waals surface area contributed by atoms with E-state index in [0.717, 1.165) is 12.8 Å². The molecule has 2 N–H and O–H groups in total. The van der Waals surface area contributed by atoms with Crippen LogP contribution in [0, 0.1) is 5.92 Å². The molecule has 1 saturated carbocycles. The maximum absolute atomic E-state index is 11.8. The molecule has 0 saturated heterocycles. The van der Waals surface area contributed by atoms with E-state index < -0.39 is 0 Å². The lowest BCUT2D eigenvalue weighted by atomic mass is 10.1. The summed E-state index contributed by atoms with van der Waals surface area (Å²) in [6.07, 6.45) is 4.94. The molecule has 6 heteroatoms. The van der Waals surface area contributed by atoms with Crippen molar-refractivity contribution in [2.75, 3.05) is 11.9 Å². The van der Waals surface area contributed by atoms with E-state index in [1.165, 1.54) is 11.1 Å². The molecule has 0 radical (unpaired) electrons. The van der Waals surface area contributed by atoms with Gasteiger partial charge in [-0.25, -0.2) is 4.68 Å². The molecule has 1 fully saturated rings. The second kappa shape index (κ2) is 5.71. The van der Waals surface area contributed by atoms with Gasteiger partial charge in [0, 0.05) is 6.04 Å². The van der Waals surface area contributed by atoms with Gasteiger partial charge in [-0.15, -0.1) is 0 Å². The van der Waals surface area contributed by atoms with Crippen LogP contribution in [0.2, 0.25) is 5.02 Å². The second-order valence-electron chi connectivity index (χ2n) is 4.88. The van der Waals surface area contributed by atoms with Crippen LogP contribution in [0.4, 0.5) is 5.69 Å². The van der Waals surface area contributed by atoms with E-state index in [0.29, 0.717) is 17.6 Å². The van der Waals surface area contributed by atoms with E-state index in [4.69, 9.17) is 16.7 Å². The molecule has 1 heterocycles. The lowest BCUT2D eigenvalue weighted by Crippen LogP contribution is -2.27. The number of aromatic nitrogens is 2. The molecule has 18 heavy (non-hydrogen) atoms. The summed E-state index contributed by atoms with van der Waals surface area (Å²) >= 11 is 6.03. The van der Waals surface area contributed by atoms with Gasteiger partial charge in [-0.2, -0.15) is 5.10 Å². The molecule has 0 aromatic carbocycles. The van der Waals surface area contributed by atoms with Crippen molar-refractivity contribution < 1.29 is 5.11 Å². The van der Waals surface area contributed by atoms with Crippen LogP contribution >= 0.6 is 11.6 Å². The molecule has 0 amide bonds. The molecule has 0 bridgehead atoms. The molecule has 1 aliphatic carbocycles. The van der Waals surface area contributed by atoms with Gasteiger partial charge in [0.05, 0.1) is 25.0 Å². The lowest BCUT2D eigenvalue weighted by Gasteiger charge is -2.15. The molecular weight excluding hydrogens is 254 g/mol. The number of nitrogens with one attached hydrogen (secondary N) is 1. The number of hydrogen-bond acceptors (Lipinski definition) is 4. The predicted octanol–water partition coefficient (Wildman–Crippen LogP) is 1.49. The van der Waals surface area contributed by atoms with Crippen LogP contribution in [0.1, 0.15) is 26.2 Å². The fraction of sp³-hybridized carbons (Fsp3) is 0.667. The smallest absolute Gasteiger partial charge is 0.287 e. The van der Waals surface area contributed by atoms with E-state index in [9.17, 15) is 4.79 Å². The molecule has 1 aromatic rings. The minimum Gasteiger partial charge on any atom is -0.394 e. The van der Waals surface area contributed by atoms with Crippen LogP contribution in [0.5, 0.6) is 0 Å².